The van der Waals surface area contributed by atoms with Gasteiger partial charge in [-0.05, 0) is 12.8 Å². The number of hydrogen-bond donors (Lipinski definition) is 2. The molecule has 1 rings (SSSR count). The van der Waals surface area contributed by atoms with Crippen LogP contribution in [0.25, 0.3) is 0 Å². The van der Waals surface area contributed by atoms with Crippen LogP contribution in [-0.2, 0) is 4.74 Å². The molecule has 0 aliphatic heterocycles. The van der Waals surface area contributed by atoms with Gasteiger partial charge in [-0.2, -0.15) is 0 Å². The topological polar surface area (TPSA) is 84.3 Å². The summed E-state index contributed by atoms with van der Waals surface area (Å²) in [4.78, 5) is 19.1. The lowest BCUT2D eigenvalue weighted by Crippen LogP contribution is -2.26. The van der Waals surface area contributed by atoms with E-state index in [1.807, 2.05) is 13.8 Å². The van der Waals surface area contributed by atoms with E-state index in [-0.39, 0.29) is 24.3 Å². The average Bonchev–Trinajstić information content (AvgIpc) is 2.37. The number of aliphatic hydroxyl groups excluding tert-OH is 1. The molecule has 1 aromatic heterocycles. The summed E-state index contributed by atoms with van der Waals surface area (Å²) < 4.78 is 4.52. The maximum Gasteiger partial charge on any atom is 0.358 e. The number of anilines is 1. The second-order valence-corrected chi connectivity index (χ2v) is 3.87. The van der Waals surface area contributed by atoms with Crippen molar-refractivity contribution in [3.05, 3.63) is 18.1 Å². The number of hydrogen-bond acceptors (Lipinski definition) is 6. The molecule has 2 N–H and O–H groups in total. The van der Waals surface area contributed by atoms with Crippen molar-refractivity contribution in [1.82, 2.24) is 9.97 Å². The zero-order valence-electron chi connectivity index (χ0n) is 10.2. The minimum Gasteiger partial charge on any atom is -0.464 e. The van der Waals surface area contributed by atoms with Crippen LogP contribution in [0.4, 0.5) is 5.82 Å². The van der Waals surface area contributed by atoms with Crippen LogP contribution in [-0.4, -0.2) is 40.8 Å². The number of methoxy groups -OCH3 is 1. The highest BCUT2D eigenvalue weighted by molar-refractivity contribution is 5.86. The zero-order valence-corrected chi connectivity index (χ0v) is 10.2. The van der Waals surface area contributed by atoms with Crippen LogP contribution in [0.2, 0.25) is 0 Å². The third-order valence-corrected chi connectivity index (χ3v) is 2.56. The van der Waals surface area contributed by atoms with E-state index in [9.17, 15) is 4.79 Å². The first-order valence-corrected chi connectivity index (χ1v) is 5.36. The molecule has 1 aromatic rings. The first-order chi connectivity index (χ1) is 8.08. The van der Waals surface area contributed by atoms with Crippen LogP contribution < -0.4 is 5.32 Å². The minimum atomic E-state index is -0.513. The van der Waals surface area contributed by atoms with Gasteiger partial charge in [0, 0.05) is 12.6 Å². The largest absolute Gasteiger partial charge is 0.464 e. The Hall–Kier alpha value is -1.69. The molecule has 0 fully saturated rings. The molecule has 0 spiro atoms. The van der Waals surface area contributed by atoms with Gasteiger partial charge in [-0.3, -0.25) is 0 Å². The molecule has 0 aliphatic rings. The van der Waals surface area contributed by atoms with Crippen molar-refractivity contribution < 1.29 is 14.6 Å². The van der Waals surface area contributed by atoms with Crippen molar-refractivity contribution >= 4 is 11.8 Å². The predicted molar refractivity (Wildman–Crippen MR) is 62.7 cm³/mol. The smallest absolute Gasteiger partial charge is 0.358 e. The molecule has 17 heavy (non-hydrogen) atoms. The number of carbonyl (C=O) groups excluding carboxylic acids is 1. The van der Waals surface area contributed by atoms with Crippen molar-refractivity contribution in [2.45, 2.75) is 19.9 Å². The summed E-state index contributed by atoms with van der Waals surface area (Å²) in [6, 6.07) is 0.0678. The van der Waals surface area contributed by atoms with Crippen LogP contribution in [0.1, 0.15) is 24.3 Å². The monoisotopic (exact) mass is 239 g/mol. The van der Waals surface area contributed by atoms with Crippen molar-refractivity contribution in [2.75, 3.05) is 19.0 Å². The summed E-state index contributed by atoms with van der Waals surface area (Å²) in [5, 5.41) is 12.1. The summed E-state index contributed by atoms with van der Waals surface area (Å²) in [5.41, 5.74) is 0.168. The molecule has 2 atom stereocenters. The average molecular weight is 239 g/mol. The van der Waals surface area contributed by atoms with Gasteiger partial charge < -0.3 is 15.2 Å². The van der Waals surface area contributed by atoms with Crippen molar-refractivity contribution in [3.63, 3.8) is 0 Å². The molecular formula is C11H17N3O3. The summed E-state index contributed by atoms with van der Waals surface area (Å²) in [7, 11) is 1.29. The zero-order chi connectivity index (χ0) is 12.8. The van der Waals surface area contributed by atoms with Crippen LogP contribution in [0.5, 0.6) is 0 Å². The summed E-state index contributed by atoms with van der Waals surface area (Å²) in [6.45, 7) is 3.96. The molecule has 6 nitrogen and oxygen atoms in total. The fourth-order valence-corrected chi connectivity index (χ4v) is 1.15. The van der Waals surface area contributed by atoms with Crippen molar-refractivity contribution in [2.24, 2.45) is 5.92 Å². The second kappa shape index (κ2) is 6.15. The summed E-state index contributed by atoms with van der Waals surface area (Å²) in [5.74, 6) is 0.156. The molecule has 0 saturated heterocycles. The molecule has 0 radical (unpaired) electrons. The van der Waals surface area contributed by atoms with Gasteiger partial charge in [0.2, 0.25) is 0 Å². The highest BCUT2D eigenvalue weighted by Crippen LogP contribution is 2.09. The molecule has 0 bridgehead atoms. The van der Waals surface area contributed by atoms with E-state index >= 15 is 0 Å². The molecule has 0 aromatic carbocycles. The van der Waals surface area contributed by atoms with Crippen LogP contribution >= 0.6 is 0 Å². The third kappa shape index (κ3) is 3.67. The van der Waals surface area contributed by atoms with Gasteiger partial charge in [-0.1, -0.05) is 6.92 Å². The SMILES string of the molecule is COC(=O)c1cnc(NC(C)C(C)CO)cn1. The van der Waals surface area contributed by atoms with Gasteiger partial charge in [-0.25, -0.2) is 14.8 Å². The molecule has 1 heterocycles. The normalized spacial score (nSPS) is 13.9. The molecule has 0 aliphatic carbocycles. The fourth-order valence-electron chi connectivity index (χ4n) is 1.15. The number of ether oxygens (including phenoxy) is 1. The lowest BCUT2D eigenvalue weighted by Gasteiger charge is -2.19. The number of aromatic nitrogens is 2. The lowest BCUT2D eigenvalue weighted by molar-refractivity contribution is 0.0593. The van der Waals surface area contributed by atoms with E-state index in [0.29, 0.717) is 5.82 Å². The Labute approximate surface area is 100 Å². The van der Waals surface area contributed by atoms with E-state index in [1.165, 1.54) is 19.5 Å². The highest BCUT2D eigenvalue weighted by Gasteiger charge is 2.12. The maximum atomic E-state index is 11.1. The van der Waals surface area contributed by atoms with Gasteiger partial charge in [0.1, 0.15) is 5.82 Å². The van der Waals surface area contributed by atoms with E-state index in [1.54, 1.807) is 0 Å². The number of esters is 1. The third-order valence-electron chi connectivity index (χ3n) is 2.56. The molecule has 0 amide bonds. The Morgan fingerprint density at radius 3 is 2.65 bits per heavy atom. The van der Waals surface area contributed by atoms with Crippen LogP contribution in [0.3, 0.4) is 0 Å². The summed E-state index contributed by atoms with van der Waals surface area (Å²) >= 11 is 0. The first-order valence-electron chi connectivity index (χ1n) is 5.36. The van der Waals surface area contributed by atoms with E-state index in [0.717, 1.165) is 0 Å². The Morgan fingerprint density at radius 1 is 1.47 bits per heavy atom. The van der Waals surface area contributed by atoms with Crippen LogP contribution in [0, 0.1) is 5.92 Å². The van der Waals surface area contributed by atoms with Crippen LogP contribution in [0.15, 0.2) is 12.4 Å². The lowest BCUT2D eigenvalue weighted by atomic mass is 10.1. The summed E-state index contributed by atoms with van der Waals surface area (Å²) in [6.07, 6.45) is 2.82. The Morgan fingerprint density at radius 2 is 2.18 bits per heavy atom. The number of aliphatic hydroxyl groups is 1. The van der Waals surface area contributed by atoms with Crippen molar-refractivity contribution in [3.8, 4) is 0 Å². The van der Waals surface area contributed by atoms with Gasteiger partial charge in [-0.15, -0.1) is 0 Å². The highest BCUT2D eigenvalue weighted by atomic mass is 16.5. The Bertz CT molecular complexity index is 367. The number of rotatable bonds is 5. The standard InChI is InChI=1S/C11H17N3O3/c1-7(6-15)8(2)14-10-5-12-9(4-13-10)11(16)17-3/h4-5,7-8,15H,6H2,1-3H3,(H,13,14). The van der Waals surface area contributed by atoms with E-state index in [4.69, 9.17) is 5.11 Å². The quantitative estimate of drug-likeness (QED) is 0.735. The maximum absolute atomic E-state index is 11.1. The van der Waals surface area contributed by atoms with Gasteiger partial charge in [0.05, 0.1) is 19.5 Å². The van der Waals surface area contributed by atoms with Gasteiger partial charge in [0.25, 0.3) is 0 Å². The first kappa shape index (κ1) is 13.4. The molecular weight excluding hydrogens is 222 g/mol. The van der Waals surface area contributed by atoms with E-state index in [2.05, 4.69) is 20.0 Å². The number of nitrogens with zero attached hydrogens (tertiary/aromatic N) is 2. The Balaban J connectivity index is 2.65. The molecule has 6 heteroatoms. The van der Waals surface area contributed by atoms with Gasteiger partial charge in [0.15, 0.2) is 5.69 Å². The number of nitrogens with one attached hydrogen (secondary N) is 1. The second-order valence-electron chi connectivity index (χ2n) is 3.87. The fraction of sp³-hybridized carbons (Fsp3) is 0.545. The van der Waals surface area contributed by atoms with Gasteiger partial charge >= 0.3 is 5.97 Å². The minimum absolute atomic E-state index is 0.0678. The molecule has 2 unspecified atom stereocenters. The Kier molecular flexibility index (Phi) is 4.84. The molecule has 94 valence electrons. The van der Waals surface area contributed by atoms with E-state index < -0.39 is 5.97 Å². The predicted octanol–water partition coefficient (Wildman–Crippen LogP) is 0.692. The van der Waals surface area contributed by atoms with Crippen molar-refractivity contribution in [1.29, 1.82) is 0 Å². The number of carbonyl (C=O) groups is 1. The molecule has 0 saturated carbocycles.